The number of likely N-dealkylation sites (tertiary alicyclic amines) is 2. The molecule has 0 aromatic carbocycles. The van der Waals surface area contributed by atoms with E-state index in [-0.39, 0.29) is 30.4 Å². The van der Waals surface area contributed by atoms with E-state index in [9.17, 15) is 14.9 Å². The first kappa shape index (κ1) is 20.7. The zero-order valence-corrected chi connectivity index (χ0v) is 16.5. The lowest BCUT2D eigenvalue weighted by molar-refractivity contribution is -0.135. The summed E-state index contributed by atoms with van der Waals surface area (Å²) in [4.78, 5) is 28.7. The highest BCUT2D eigenvalue weighted by atomic mass is 16.5. The van der Waals surface area contributed by atoms with Gasteiger partial charge in [-0.1, -0.05) is 6.92 Å². The van der Waals surface area contributed by atoms with Gasteiger partial charge < -0.3 is 19.9 Å². The fraction of sp³-hybridized carbons (Fsp3) is 0.842. The summed E-state index contributed by atoms with van der Waals surface area (Å²) >= 11 is 0. The van der Waals surface area contributed by atoms with E-state index >= 15 is 0 Å². The average molecular weight is 364 g/mol. The Labute approximate surface area is 156 Å². The molecule has 0 aliphatic carbocycles. The van der Waals surface area contributed by atoms with Crippen LogP contribution in [0, 0.1) is 17.2 Å². The van der Waals surface area contributed by atoms with Crippen LogP contribution in [0.3, 0.4) is 0 Å². The van der Waals surface area contributed by atoms with Crippen molar-refractivity contribution in [2.75, 3.05) is 33.4 Å². The molecule has 146 valence electrons. The molecular formula is C19H32N4O3. The maximum atomic E-state index is 12.7. The van der Waals surface area contributed by atoms with Crippen LogP contribution in [0.15, 0.2) is 0 Å². The number of rotatable bonds is 7. The molecule has 7 heteroatoms. The van der Waals surface area contributed by atoms with E-state index in [4.69, 9.17) is 4.74 Å². The summed E-state index contributed by atoms with van der Waals surface area (Å²) in [5.41, 5.74) is -0.486. The molecule has 2 saturated heterocycles. The molecule has 1 N–H and O–H groups in total. The van der Waals surface area contributed by atoms with Crippen molar-refractivity contribution >= 4 is 11.8 Å². The van der Waals surface area contributed by atoms with Crippen molar-refractivity contribution in [2.45, 2.75) is 64.1 Å². The van der Waals surface area contributed by atoms with Crippen LogP contribution < -0.4 is 5.32 Å². The van der Waals surface area contributed by atoms with Crippen molar-refractivity contribution in [2.24, 2.45) is 5.92 Å². The summed E-state index contributed by atoms with van der Waals surface area (Å²) in [5.74, 6) is 0.380. The molecule has 1 unspecified atom stereocenters. The minimum Gasteiger partial charge on any atom is -0.383 e. The van der Waals surface area contributed by atoms with E-state index in [0.29, 0.717) is 25.5 Å². The summed E-state index contributed by atoms with van der Waals surface area (Å²) in [6.07, 6.45) is 3.06. The van der Waals surface area contributed by atoms with Gasteiger partial charge in [-0.2, -0.15) is 5.26 Å². The van der Waals surface area contributed by atoms with E-state index < -0.39 is 5.54 Å². The van der Waals surface area contributed by atoms with E-state index in [1.165, 1.54) is 0 Å². The zero-order chi connectivity index (χ0) is 19.3. The second-order valence-corrected chi connectivity index (χ2v) is 8.28. The Hall–Kier alpha value is -1.65. The van der Waals surface area contributed by atoms with Gasteiger partial charge in [0.25, 0.3) is 0 Å². The number of amides is 2. The van der Waals surface area contributed by atoms with Crippen LogP contribution in [0.1, 0.15) is 46.5 Å². The van der Waals surface area contributed by atoms with Gasteiger partial charge in [0, 0.05) is 32.2 Å². The third-order valence-corrected chi connectivity index (χ3v) is 5.35. The van der Waals surface area contributed by atoms with Crippen molar-refractivity contribution in [1.29, 1.82) is 5.26 Å². The van der Waals surface area contributed by atoms with E-state index in [1.807, 2.05) is 18.7 Å². The molecule has 26 heavy (non-hydrogen) atoms. The maximum absolute atomic E-state index is 12.7. The molecular weight excluding hydrogens is 332 g/mol. The topological polar surface area (TPSA) is 85.7 Å². The minimum atomic E-state index is -0.486. The van der Waals surface area contributed by atoms with E-state index in [1.54, 1.807) is 12.0 Å². The lowest BCUT2D eigenvalue weighted by Crippen LogP contribution is -2.50. The summed E-state index contributed by atoms with van der Waals surface area (Å²) < 4.78 is 5.22. The smallest absolute Gasteiger partial charge is 0.237 e. The molecule has 0 aromatic heterocycles. The average Bonchev–Trinajstić information content (AvgIpc) is 3.19. The van der Waals surface area contributed by atoms with E-state index in [0.717, 1.165) is 25.8 Å². The van der Waals surface area contributed by atoms with Gasteiger partial charge in [0.15, 0.2) is 0 Å². The number of hydrogen-bond donors (Lipinski definition) is 1. The Morgan fingerprint density at radius 1 is 1.31 bits per heavy atom. The molecule has 2 aliphatic heterocycles. The lowest BCUT2D eigenvalue weighted by atomic mass is 9.99. The first-order valence-corrected chi connectivity index (χ1v) is 9.50. The molecule has 0 radical (unpaired) electrons. The molecule has 2 amide bonds. The lowest BCUT2D eigenvalue weighted by Gasteiger charge is -2.31. The highest BCUT2D eigenvalue weighted by molar-refractivity contribution is 5.80. The predicted octanol–water partition coefficient (Wildman–Crippen LogP) is 1.14. The second-order valence-electron chi connectivity index (χ2n) is 8.28. The summed E-state index contributed by atoms with van der Waals surface area (Å²) in [5, 5.41) is 12.4. The predicted molar refractivity (Wildman–Crippen MR) is 98.2 cm³/mol. The number of carbonyl (C=O) groups is 2. The minimum absolute atomic E-state index is 0.0696. The third kappa shape index (κ3) is 5.18. The molecule has 2 heterocycles. The standard InChI is InChI=1S/C19H32N4O3/c1-14-8-16(10-20)23(12-14)18(25)11-21-19(2,3)9-17(24)22-7-5-6-15(22)13-26-4/h14-16,21H,5-9,11-13H2,1-4H3/t14-,15?,16-/m0/s1. The quantitative estimate of drug-likeness (QED) is 0.732. The molecule has 2 fully saturated rings. The fourth-order valence-corrected chi connectivity index (χ4v) is 3.93. The summed E-state index contributed by atoms with van der Waals surface area (Å²) in [6, 6.07) is 2.04. The van der Waals surface area contributed by atoms with Crippen molar-refractivity contribution in [3.05, 3.63) is 0 Å². The highest BCUT2D eigenvalue weighted by Crippen LogP contribution is 2.23. The molecule has 3 atom stereocenters. The van der Waals surface area contributed by atoms with Crippen LogP contribution in [0.5, 0.6) is 0 Å². The van der Waals surface area contributed by atoms with Gasteiger partial charge >= 0.3 is 0 Å². The Morgan fingerprint density at radius 3 is 2.69 bits per heavy atom. The van der Waals surface area contributed by atoms with Crippen molar-refractivity contribution in [3.8, 4) is 6.07 Å². The number of ether oxygens (including phenoxy) is 1. The SMILES string of the molecule is COCC1CCCN1C(=O)CC(C)(C)NCC(=O)N1C[C@@H](C)C[C@H]1C#N. The van der Waals surface area contributed by atoms with Crippen molar-refractivity contribution in [1.82, 2.24) is 15.1 Å². The van der Waals surface area contributed by atoms with Crippen molar-refractivity contribution in [3.63, 3.8) is 0 Å². The Balaban J connectivity index is 1.85. The van der Waals surface area contributed by atoms with Gasteiger partial charge in [0.1, 0.15) is 6.04 Å². The van der Waals surface area contributed by atoms with Crippen LogP contribution in [0.2, 0.25) is 0 Å². The van der Waals surface area contributed by atoms with Gasteiger partial charge in [-0.3, -0.25) is 9.59 Å². The van der Waals surface area contributed by atoms with Crippen LogP contribution >= 0.6 is 0 Å². The first-order chi connectivity index (χ1) is 12.3. The van der Waals surface area contributed by atoms with Gasteiger partial charge in [-0.25, -0.2) is 0 Å². The van der Waals surface area contributed by atoms with Gasteiger partial charge in [0.05, 0.1) is 25.3 Å². The van der Waals surface area contributed by atoms with Gasteiger partial charge in [-0.05, 0) is 39.0 Å². The largest absolute Gasteiger partial charge is 0.383 e. The van der Waals surface area contributed by atoms with Gasteiger partial charge in [0.2, 0.25) is 11.8 Å². The number of nitrogens with one attached hydrogen (secondary N) is 1. The number of carbonyl (C=O) groups excluding carboxylic acids is 2. The summed E-state index contributed by atoms with van der Waals surface area (Å²) in [7, 11) is 1.66. The van der Waals surface area contributed by atoms with E-state index in [2.05, 4.69) is 18.3 Å². The molecule has 0 saturated carbocycles. The van der Waals surface area contributed by atoms with Gasteiger partial charge in [-0.15, -0.1) is 0 Å². The Morgan fingerprint density at radius 2 is 2.04 bits per heavy atom. The van der Waals surface area contributed by atoms with Crippen LogP contribution in [-0.2, 0) is 14.3 Å². The Kier molecular flexibility index (Phi) is 7.01. The summed E-state index contributed by atoms with van der Waals surface area (Å²) in [6.45, 7) is 8.05. The molecule has 0 aromatic rings. The first-order valence-electron chi connectivity index (χ1n) is 9.50. The van der Waals surface area contributed by atoms with Crippen LogP contribution in [-0.4, -0.2) is 72.6 Å². The normalized spacial score (nSPS) is 26.2. The fourth-order valence-electron chi connectivity index (χ4n) is 3.93. The monoisotopic (exact) mass is 364 g/mol. The number of nitrogens with zero attached hydrogens (tertiary/aromatic N) is 3. The van der Waals surface area contributed by atoms with Crippen LogP contribution in [0.4, 0.5) is 0 Å². The highest BCUT2D eigenvalue weighted by Gasteiger charge is 2.35. The van der Waals surface area contributed by atoms with Crippen molar-refractivity contribution < 1.29 is 14.3 Å². The maximum Gasteiger partial charge on any atom is 0.237 e. The number of nitriles is 1. The Bertz CT molecular complexity index is 557. The molecule has 0 spiro atoms. The second kappa shape index (κ2) is 8.83. The number of hydrogen-bond acceptors (Lipinski definition) is 5. The molecule has 2 rings (SSSR count). The van der Waals surface area contributed by atoms with Crippen LogP contribution in [0.25, 0.3) is 0 Å². The third-order valence-electron chi connectivity index (χ3n) is 5.35. The zero-order valence-electron chi connectivity index (χ0n) is 16.5. The molecule has 7 nitrogen and oxygen atoms in total. The molecule has 2 aliphatic rings. The molecule has 0 bridgehead atoms. The number of methoxy groups -OCH3 is 1.